The third kappa shape index (κ3) is 9.06. The van der Waals surface area contributed by atoms with Gasteiger partial charge < -0.3 is 21.1 Å². The zero-order valence-electron chi connectivity index (χ0n) is 30.0. The molecule has 0 spiro atoms. The van der Waals surface area contributed by atoms with E-state index in [-0.39, 0.29) is 17.8 Å². The van der Waals surface area contributed by atoms with Gasteiger partial charge in [-0.1, -0.05) is 66.2 Å². The molecule has 0 aromatic carbocycles. The summed E-state index contributed by atoms with van der Waals surface area (Å²) in [6.45, 7) is 11.3. The first-order valence-electron chi connectivity index (χ1n) is 19.4. The van der Waals surface area contributed by atoms with Crippen LogP contribution in [0.4, 0.5) is 0 Å². The third-order valence-corrected chi connectivity index (χ3v) is 13.8. The Balaban J connectivity index is 1.19. The summed E-state index contributed by atoms with van der Waals surface area (Å²) >= 11 is 0. The Bertz CT molecular complexity index is 925. The highest BCUT2D eigenvalue weighted by molar-refractivity contribution is 5.84. The van der Waals surface area contributed by atoms with Crippen molar-refractivity contribution in [3.05, 3.63) is 0 Å². The molecule has 9 atom stereocenters. The van der Waals surface area contributed by atoms with Crippen molar-refractivity contribution in [2.24, 2.45) is 52.1 Å². The van der Waals surface area contributed by atoms with E-state index in [1.165, 1.54) is 123 Å². The number of nitrogens with two attached hydrogens (primary N) is 1. The average Bonchev–Trinajstić information content (AvgIpc) is 3.36. The smallest absolute Gasteiger partial charge is 0.328 e. The van der Waals surface area contributed by atoms with Gasteiger partial charge in [0, 0.05) is 12.5 Å². The lowest BCUT2D eigenvalue weighted by Crippen LogP contribution is -2.55. The van der Waals surface area contributed by atoms with E-state index in [2.05, 4.69) is 24.5 Å². The lowest BCUT2D eigenvalue weighted by atomic mass is 9.44. The van der Waals surface area contributed by atoms with Gasteiger partial charge in [-0.05, 0) is 143 Å². The lowest BCUT2D eigenvalue weighted by Gasteiger charge is -2.61. The molecule has 0 aromatic heterocycles. The maximum absolute atomic E-state index is 12.7. The molecule has 6 nitrogen and oxygen atoms in total. The van der Waals surface area contributed by atoms with Crippen molar-refractivity contribution in [3.63, 3.8) is 0 Å². The molecule has 45 heavy (non-hydrogen) atoms. The number of carbonyl (C=O) groups is 2. The van der Waals surface area contributed by atoms with E-state index in [1.54, 1.807) is 0 Å². The quantitative estimate of drug-likeness (QED) is 0.105. The van der Waals surface area contributed by atoms with Gasteiger partial charge in [-0.15, -0.1) is 0 Å². The zero-order chi connectivity index (χ0) is 32.5. The van der Waals surface area contributed by atoms with E-state index in [0.29, 0.717) is 17.3 Å². The molecule has 0 aromatic rings. The molecule has 0 bridgehead atoms. The minimum atomic E-state index is -0.551. The van der Waals surface area contributed by atoms with E-state index in [9.17, 15) is 9.59 Å². The summed E-state index contributed by atoms with van der Waals surface area (Å²) in [7, 11) is 1.39. The number of hydrogen-bond acceptors (Lipinski definition) is 5. The Hall–Kier alpha value is -1.14. The molecule has 9 unspecified atom stereocenters. The summed E-state index contributed by atoms with van der Waals surface area (Å²) in [6.07, 6.45) is 25.9. The molecule has 4 N–H and O–H groups in total. The molecule has 0 saturated heterocycles. The summed E-state index contributed by atoms with van der Waals surface area (Å²) in [5, 5.41) is 6.93. The van der Waals surface area contributed by atoms with Crippen LogP contribution in [0.5, 0.6) is 0 Å². The predicted molar refractivity (Wildman–Crippen MR) is 186 cm³/mol. The number of fused-ring (bicyclic) bond motifs is 5. The molecule has 0 heterocycles. The van der Waals surface area contributed by atoms with E-state index in [0.717, 1.165) is 55.0 Å². The number of ether oxygens (including phenoxy) is 1. The van der Waals surface area contributed by atoms with Crippen molar-refractivity contribution in [3.8, 4) is 0 Å². The molecule has 4 rings (SSSR count). The topological polar surface area (TPSA) is 93.4 Å². The monoisotopic (exact) mass is 630 g/mol. The summed E-state index contributed by atoms with van der Waals surface area (Å²) < 4.78 is 4.90. The normalized spacial score (nSPS) is 34.9. The highest BCUT2D eigenvalue weighted by Crippen LogP contribution is 2.67. The molecule has 4 aliphatic rings. The van der Waals surface area contributed by atoms with Gasteiger partial charge in [0.05, 0.1) is 7.11 Å². The Morgan fingerprint density at radius 3 is 2.18 bits per heavy atom. The molecular weight excluding hydrogens is 558 g/mol. The van der Waals surface area contributed by atoms with E-state index >= 15 is 0 Å². The first-order valence-corrected chi connectivity index (χ1v) is 19.4. The SMILES string of the molecule is COC(=O)C(NC(=O)CCCC1CCC2C3CCC4CC(NCCCCCCCCCCN)CCC4(C)C3CCC12C)C(C)C. The first kappa shape index (κ1) is 36.7. The lowest BCUT2D eigenvalue weighted by molar-refractivity contribution is -0.146. The Morgan fingerprint density at radius 2 is 1.49 bits per heavy atom. The summed E-state index contributed by atoms with van der Waals surface area (Å²) in [5.41, 5.74) is 6.58. The minimum absolute atomic E-state index is 0.0106. The van der Waals surface area contributed by atoms with Crippen molar-refractivity contribution in [2.75, 3.05) is 20.2 Å². The summed E-state index contributed by atoms with van der Waals surface area (Å²) in [5.74, 6) is 3.99. The second kappa shape index (κ2) is 17.3. The standard InChI is InChI=1S/C39H71N3O3/c1-28(2)36(37(44)45-5)42-35(43)16-14-15-29-18-20-33-32-19-17-30-27-31(41-26-13-11-9-7-6-8-10-12-25-40)21-23-39(30,4)34(32)22-24-38(29,33)3/h28-34,36,41H,6-27,40H2,1-5H3,(H,42,43). The van der Waals surface area contributed by atoms with Gasteiger partial charge in [-0.25, -0.2) is 4.79 Å². The number of rotatable bonds is 18. The van der Waals surface area contributed by atoms with Gasteiger partial charge in [0.25, 0.3) is 0 Å². The van der Waals surface area contributed by atoms with E-state index < -0.39 is 6.04 Å². The Morgan fingerprint density at radius 1 is 0.822 bits per heavy atom. The van der Waals surface area contributed by atoms with Crippen molar-refractivity contribution in [1.82, 2.24) is 10.6 Å². The van der Waals surface area contributed by atoms with Crippen LogP contribution in [0.15, 0.2) is 0 Å². The van der Waals surface area contributed by atoms with Crippen LogP contribution in [0.1, 0.15) is 156 Å². The van der Waals surface area contributed by atoms with Gasteiger partial charge in [0.15, 0.2) is 0 Å². The average molecular weight is 630 g/mol. The third-order valence-electron chi connectivity index (χ3n) is 13.8. The number of esters is 1. The van der Waals surface area contributed by atoms with Crippen LogP contribution in [-0.4, -0.2) is 44.2 Å². The van der Waals surface area contributed by atoms with Crippen molar-refractivity contribution >= 4 is 11.9 Å². The minimum Gasteiger partial charge on any atom is -0.467 e. The molecule has 260 valence electrons. The first-order chi connectivity index (χ1) is 21.6. The summed E-state index contributed by atoms with van der Waals surface area (Å²) in [4.78, 5) is 24.8. The summed E-state index contributed by atoms with van der Waals surface area (Å²) in [6, 6.07) is 0.187. The second-order valence-electron chi connectivity index (χ2n) is 16.7. The van der Waals surface area contributed by atoms with Gasteiger partial charge >= 0.3 is 5.97 Å². The number of nitrogens with one attached hydrogen (secondary N) is 2. The van der Waals surface area contributed by atoms with E-state index in [4.69, 9.17) is 10.5 Å². The van der Waals surface area contributed by atoms with Crippen LogP contribution in [0.2, 0.25) is 0 Å². The Labute approximate surface area is 276 Å². The highest BCUT2D eigenvalue weighted by atomic mass is 16.5. The largest absolute Gasteiger partial charge is 0.467 e. The molecule has 4 fully saturated rings. The molecule has 4 saturated carbocycles. The fourth-order valence-electron chi connectivity index (χ4n) is 11.0. The molecular formula is C39H71N3O3. The van der Waals surface area contributed by atoms with Crippen molar-refractivity contribution < 1.29 is 14.3 Å². The van der Waals surface area contributed by atoms with Crippen molar-refractivity contribution in [2.45, 2.75) is 168 Å². The molecule has 1 amide bonds. The van der Waals surface area contributed by atoms with E-state index in [1.807, 2.05) is 13.8 Å². The van der Waals surface area contributed by atoms with Crippen LogP contribution < -0.4 is 16.4 Å². The van der Waals surface area contributed by atoms with Gasteiger partial charge in [-0.2, -0.15) is 0 Å². The number of unbranched alkanes of at least 4 members (excludes halogenated alkanes) is 7. The Kier molecular flexibility index (Phi) is 14.1. The maximum Gasteiger partial charge on any atom is 0.328 e. The van der Waals surface area contributed by atoms with Crippen LogP contribution in [0.3, 0.4) is 0 Å². The highest BCUT2D eigenvalue weighted by Gasteiger charge is 2.59. The molecule has 0 radical (unpaired) electrons. The van der Waals surface area contributed by atoms with Gasteiger partial charge in [-0.3, -0.25) is 4.79 Å². The second-order valence-corrected chi connectivity index (χ2v) is 16.7. The number of amides is 1. The maximum atomic E-state index is 12.7. The van der Waals surface area contributed by atoms with Gasteiger partial charge in [0.1, 0.15) is 6.04 Å². The fourth-order valence-corrected chi connectivity index (χ4v) is 11.0. The van der Waals surface area contributed by atoms with Crippen LogP contribution in [-0.2, 0) is 14.3 Å². The zero-order valence-corrected chi connectivity index (χ0v) is 30.0. The van der Waals surface area contributed by atoms with Crippen molar-refractivity contribution in [1.29, 1.82) is 0 Å². The van der Waals surface area contributed by atoms with Crippen LogP contribution >= 0.6 is 0 Å². The number of hydrogen-bond donors (Lipinski definition) is 3. The number of methoxy groups -OCH3 is 1. The van der Waals surface area contributed by atoms with Crippen LogP contribution in [0, 0.1) is 46.3 Å². The predicted octanol–water partition coefficient (Wildman–Crippen LogP) is 8.17. The molecule has 0 aliphatic heterocycles. The van der Waals surface area contributed by atoms with Crippen LogP contribution in [0.25, 0.3) is 0 Å². The fraction of sp³-hybridized carbons (Fsp3) is 0.949. The number of carbonyl (C=O) groups excluding carboxylic acids is 2. The molecule has 4 aliphatic carbocycles. The van der Waals surface area contributed by atoms with Gasteiger partial charge in [0.2, 0.25) is 5.91 Å². The molecule has 6 heteroatoms.